The number of anilines is 1. The first-order valence-corrected chi connectivity index (χ1v) is 6.74. The van der Waals surface area contributed by atoms with Gasteiger partial charge in [0.1, 0.15) is 17.8 Å². The highest BCUT2D eigenvalue weighted by Crippen LogP contribution is 2.25. The van der Waals surface area contributed by atoms with E-state index in [4.69, 9.17) is 0 Å². The number of pyridine rings is 1. The molecule has 1 unspecified atom stereocenters. The maximum Gasteiger partial charge on any atom is 0.143 e. The molecular weight excluding hydrogens is 250 g/mol. The smallest absolute Gasteiger partial charge is 0.143 e. The molecule has 20 heavy (non-hydrogen) atoms. The molecule has 0 amide bonds. The van der Waals surface area contributed by atoms with Gasteiger partial charge in [0.05, 0.1) is 11.4 Å². The number of hydrogen-bond acceptors (Lipinski definition) is 4. The quantitative estimate of drug-likeness (QED) is 0.761. The van der Waals surface area contributed by atoms with Gasteiger partial charge in [0, 0.05) is 18.1 Å². The van der Waals surface area contributed by atoms with Gasteiger partial charge in [0.15, 0.2) is 0 Å². The highest BCUT2D eigenvalue weighted by atomic mass is 15.1. The molecule has 0 aliphatic rings. The van der Waals surface area contributed by atoms with E-state index in [1.54, 1.807) is 12.5 Å². The molecule has 3 aromatic heterocycles. The lowest BCUT2D eigenvalue weighted by Crippen LogP contribution is -2.11. The number of aromatic nitrogens is 4. The summed E-state index contributed by atoms with van der Waals surface area (Å²) in [4.78, 5) is 16.0. The van der Waals surface area contributed by atoms with Crippen LogP contribution in [0.25, 0.3) is 11.0 Å². The van der Waals surface area contributed by atoms with Gasteiger partial charge in [-0.25, -0.2) is 9.97 Å². The Hall–Kier alpha value is -2.43. The Bertz CT molecular complexity index is 705. The first kappa shape index (κ1) is 12.6. The summed E-state index contributed by atoms with van der Waals surface area (Å²) in [5, 5.41) is 4.51. The van der Waals surface area contributed by atoms with Crippen LogP contribution in [-0.4, -0.2) is 19.9 Å². The molecule has 5 nitrogen and oxygen atoms in total. The van der Waals surface area contributed by atoms with Gasteiger partial charge >= 0.3 is 0 Å². The molecule has 0 fully saturated rings. The van der Waals surface area contributed by atoms with Gasteiger partial charge in [-0.3, -0.25) is 4.98 Å². The van der Waals surface area contributed by atoms with Gasteiger partial charge < -0.3 is 10.3 Å². The van der Waals surface area contributed by atoms with E-state index in [1.165, 1.54) is 0 Å². The number of fused-ring (bicyclic) bond motifs is 1. The zero-order valence-electron chi connectivity index (χ0n) is 11.6. The second kappa shape index (κ2) is 5.28. The molecule has 0 radical (unpaired) electrons. The summed E-state index contributed by atoms with van der Waals surface area (Å²) in [5.41, 5.74) is 3.10. The van der Waals surface area contributed by atoms with E-state index in [9.17, 15) is 0 Å². The molecule has 0 aliphatic heterocycles. The third-order valence-electron chi connectivity index (χ3n) is 3.37. The lowest BCUT2D eigenvalue weighted by atomic mass is 10.1. The van der Waals surface area contributed by atoms with E-state index in [0.29, 0.717) is 0 Å². The van der Waals surface area contributed by atoms with Crippen LogP contribution in [0.2, 0.25) is 0 Å². The predicted octanol–water partition coefficient (Wildman–Crippen LogP) is 3.22. The van der Waals surface area contributed by atoms with Crippen LogP contribution >= 0.6 is 0 Å². The van der Waals surface area contributed by atoms with E-state index in [2.05, 4.69) is 44.3 Å². The Balaban J connectivity index is 1.95. The van der Waals surface area contributed by atoms with E-state index in [-0.39, 0.29) is 6.04 Å². The first-order chi connectivity index (χ1) is 9.78. The lowest BCUT2D eigenvalue weighted by Gasteiger charge is -2.17. The molecule has 0 spiro atoms. The Labute approximate surface area is 117 Å². The molecule has 5 heteroatoms. The summed E-state index contributed by atoms with van der Waals surface area (Å²) in [6, 6.07) is 6.29. The fourth-order valence-electron chi connectivity index (χ4n) is 2.35. The van der Waals surface area contributed by atoms with Crippen molar-refractivity contribution in [2.75, 3.05) is 5.32 Å². The highest BCUT2D eigenvalue weighted by molar-refractivity contribution is 5.87. The summed E-state index contributed by atoms with van der Waals surface area (Å²) < 4.78 is 0. The maximum absolute atomic E-state index is 4.37. The van der Waals surface area contributed by atoms with Crippen molar-refractivity contribution in [3.8, 4) is 0 Å². The summed E-state index contributed by atoms with van der Waals surface area (Å²) >= 11 is 0. The van der Waals surface area contributed by atoms with E-state index >= 15 is 0 Å². The fourth-order valence-corrected chi connectivity index (χ4v) is 2.35. The Kier molecular flexibility index (Phi) is 3.33. The summed E-state index contributed by atoms with van der Waals surface area (Å²) in [5.74, 6) is 0.857. The highest BCUT2D eigenvalue weighted by Gasteiger charge is 2.13. The Morgan fingerprint density at radius 3 is 3.00 bits per heavy atom. The van der Waals surface area contributed by atoms with E-state index in [1.807, 2.05) is 19.2 Å². The van der Waals surface area contributed by atoms with Gasteiger partial charge in [-0.1, -0.05) is 13.0 Å². The monoisotopic (exact) mass is 267 g/mol. The van der Waals surface area contributed by atoms with Crippen LogP contribution < -0.4 is 5.32 Å². The van der Waals surface area contributed by atoms with E-state index in [0.717, 1.165) is 34.5 Å². The van der Waals surface area contributed by atoms with Gasteiger partial charge in [-0.15, -0.1) is 0 Å². The normalized spacial score (nSPS) is 12.5. The third kappa shape index (κ3) is 2.34. The SMILES string of the molecule is CCC(Nc1ncnc2[nH]c(C)cc12)c1cccnc1. The van der Waals surface area contributed by atoms with Crippen LogP contribution in [-0.2, 0) is 0 Å². The molecule has 3 rings (SSSR count). The molecule has 3 aromatic rings. The summed E-state index contributed by atoms with van der Waals surface area (Å²) in [6.07, 6.45) is 6.22. The van der Waals surface area contributed by atoms with Crippen molar-refractivity contribution in [2.45, 2.75) is 26.3 Å². The fraction of sp³-hybridized carbons (Fsp3) is 0.267. The zero-order chi connectivity index (χ0) is 13.9. The van der Waals surface area contributed by atoms with Crippen molar-refractivity contribution in [1.82, 2.24) is 19.9 Å². The number of nitrogens with one attached hydrogen (secondary N) is 2. The van der Waals surface area contributed by atoms with Crippen LogP contribution in [0.3, 0.4) is 0 Å². The van der Waals surface area contributed by atoms with Crippen LogP contribution in [0.5, 0.6) is 0 Å². The molecule has 0 saturated carbocycles. The average molecular weight is 267 g/mol. The molecule has 2 N–H and O–H groups in total. The van der Waals surface area contributed by atoms with Gasteiger partial charge in [0.2, 0.25) is 0 Å². The van der Waals surface area contributed by atoms with E-state index < -0.39 is 0 Å². The Morgan fingerprint density at radius 1 is 1.35 bits per heavy atom. The van der Waals surface area contributed by atoms with Crippen LogP contribution in [0, 0.1) is 6.92 Å². The van der Waals surface area contributed by atoms with Gasteiger partial charge in [0.25, 0.3) is 0 Å². The van der Waals surface area contributed by atoms with Crippen molar-refractivity contribution in [3.63, 3.8) is 0 Å². The zero-order valence-corrected chi connectivity index (χ0v) is 11.6. The molecule has 0 bridgehead atoms. The molecule has 1 atom stereocenters. The third-order valence-corrected chi connectivity index (χ3v) is 3.37. The Morgan fingerprint density at radius 2 is 2.25 bits per heavy atom. The number of H-pyrrole nitrogens is 1. The predicted molar refractivity (Wildman–Crippen MR) is 79.5 cm³/mol. The van der Waals surface area contributed by atoms with Crippen molar-refractivity contribution in [2.24, 2.45) is 0 Å². The van der Waals surface area contributed by atoms with Crippen LogP contribution in [0.1, 0.15) is 30.6 Å². The van der Waals surface area contributed by atoms with Crippen molar-refractivity contribution in [1.29, 1.82) is 0 Å². The number of aryl methyl sites for hydroxylation is 1. The molecule has 0 aliphatic carbocycles. The number of aromatic amines is 1. The first-order valence-electron chi connectivity index (χ1n) is 6.74. The lowest BCUT2D eigenvalue weighted by molar-refractivity contribution is 0.741. The number of hydrogen-bond donors (Lipinski definition) is 2. The molecule has 3 heterocycles. The number of rotatable bonds is 4. The van der Waals surface area contributed by atoms with Gasteiger partial charge in [-0.2, -0.15) is 0 Å². The summed E-state index contributed by atoms with van der Waals surface area (Å²) in [7, 11) is 0. The maximum atomic E-state index is 4.37. The summed E-state index contributed by atoms with van der Waals surface area (Å²) in [6.45, 7) is 4.16. The minimum atomic E-state index is 0.192. The standard InChI is InChI=1S/C15H17N5/c1-3-13(11-5-4-6-16-8-11)20-15-12-7-10(2)19-14(12)17-9-18-15/h4-9,13H,3H2,1-2H3,(H2,17,18,19,20). The molecular formula is C15H17N5. The van der Waals surface area contributed by atoms with Crippen LogP contribution in [0.15, 0.2) is 36.9 Å². The minimum absolute atomic E-state index is 0.192. The second-order valence-corrected chi connectivity index (χ2v) is 4.83. The minimum Gasteiger partial charge on any atom is -0.363 e. The van der Waals surface area contributed by atoms with Crippen LogP contribution in [0.4, 0.5) is 5.82 Å². The average Bonchev–Trinajstić information content (AvgIpc) is 2.86. The van der Waals surface area contributed by atoms with Gasteiger partial charge in [-0.05, 0) is 31.0 Å². The second-order valence-electron chi connectivity index (χ2n) is 4.83. The molecule has 0 saturated heterocycles. The molecule has 102 valence electrons. The largest absolute Gasteiger partial charge is 0.363 e. The molecule has 0 aromatic carbocycles. The van der Waals surface area contributed by atoms with Crippen molar-refractivity contribution >= 4 is 16.9 Å². The topological polar surface area (TPSA) is 66.5 Å². The van der Waals surface area contributed by atoms with Crippen molar-refractivity contribution < 1.29 is 0 Å². The number of nitrogens with zero attached hydrogens (tertiary/aromatic N) is 3. The van der Waals surface area contributed by atoms with Crippen molar-refractivity contribution in [3.05, 3.63) is 48.2 Å².